The van der Waals surface area contributed by atoms with E-state index in [0.717, 1.165) is 19.3 Å². The molecule has 2 aromatic rings. The number of benzene rings is 2. The minimum atomic E-state index is 1.08. The summed E-state index contributed by atoms with van der Waals surface area (Å²) in [5.74, 6) is 0. The molecule has 0 aliphatic heterocycles. The Morgan fingerprint density at radius 1 is 0.818 bits per heavy atom. The summed E-state index contributed by atoms with van der Waals surface area (Å²) in [6, 6.07) is 9.13. The summed E-state index contributed by atoms with van der Waals surface area (Å²) < 4.78 is 0. The van der Waals surface area contributed by atoms with Crippen molar-refractivity contribution in [1.29, 1.82) is 0 Å². The van der Waals surface area contributed by atoms with Crippen LogP contribution >= 0.6 is 0 Å². The smallest absolute Gasteiger partial charge is 0.00518 e. The standard InChI is InChI=1S/C22H22/c1-14-9-10-18(20-6-4-5-19(14)20)11-17-12-21-15(2)7-8-16(3)22(21)13-17/h4,6-10,12H,5,11,13H2,1-3H3. The Bertz CT molecular complexity index is 832. The largest absolute Gasteiger partial charge is 0.0795 e. The molecule has 0 amide bonds. The van der Waals surface area contributed by atoms with Gasteiger partial charge in [-0.05, 0) is 84.5 Å². The second kappa shape index (κ2) is 4.98. The van der Waals surface area contributed by atoms with Gasteiger partial charge in [0.15, 0.2) is 0 Å². The van der Waals surface area contributed by atoms with Gasteiger partial charge in [-0.15, -0.1) is 0 Å². The van der Waals surface area contributed by atoms with E-state index in [0.29, 0.717) is 0 Å². The third-order valence-corrected chi connectivity index (χ3v) is 5.27. The van der Waals surface area contributed by atoms with Crippen molar-refractivity contribution in [3.63, 3.8) is 0 Å². The molecule has 110 valence electrons. The van der Waals surface area contributed by atoms with Crippen molar-refractivity contribution in [3.05, 3.63) is 80.4 Å². The van der Waals surface area contributed by atoms with Crippen LogP contribution in [0.1, 0.15) is 44.5 Å². The van der Waals surface area contributed by atoms with E-state index < -0.39 is 0 Å². The molecule has 2 aromatic carbocycles. The van der Waals surface area contributed by atoms with Crippen molar-refractivity contribution in [2.24, 2.45) is 0 Å². The predicted octanol–water partition coefficient (Wildman–Crippen LogP) is 5.36. The molecule has 0 aromatic heterocycles. The summed E-state index contributed by atoms with van der Waals surface area (Å²) in [7, 11) is 0. The van der Waals surface area contributed by atoms with Gasteiger partial charge < -0.3 is 0 Å². The first-order valence-electron chi connectivity index (χ1n) is 8.20. The normalized spacial score (nSPS) is 15.0. The van der Waals surface area contributed by atoms with Crippen molar-refractivity contribution in [1.82, 2.24) is 0 Å². The first-order valence-corrected chi connectivity index (χ1v) is 8.20. The minimum absolute atomic E-state index is 1.08. The second-order valence-corrected chi connectivity index (χ2v) is 6.79. The maximum atomic E-state index is 2.43. The van der Waals surface area contributed by atoms with E-state index in [9.17, 15) is 0 Å². The summed E-state index contributed by atoms with van der Waals surface area (Å²) in [5.41, 5.74) is 13.3. The molecule has 22 heavy (non-hydrogen) atoms. The van der Waals surface area contributed by atoms with Gasteiger partial charge in [-0.3, -0.25) is 0 Å². The van der Waals surface area contributed by atoms with Crippen LogP contribution in [0.4, 0.5) is 0 Å². The average Bonchev–Trinajstić information content (AvgIpc) is 3.14. The van der Waals surface area contributed by atoms with E-state index in [1.54, 1.807) is 5.57 Å². The molecule has 0 heteroatoms. The Labute approximate surface area is 133 Å². The van der Waals surface area contributed by atoms with E-state index in [4.69, 9.17) is 0 Å². The molecular weight excluding hydrogens is 264 g/mol. The first-order chi connectivity index (χ1) is 10.6. The summed E-state index contributed by atoms with van der Waals surface area (Å²) >= 11 is 0. The Kier molecular flexibility index (Phi) is 3.07. The SMILES string of the molecule is Cc1ccc(C)c2c1C=C(Cc1ccc(C)c3c1C=CC3)C2. The number of hydrogen-bond donors (Lipinski definition) is 0. The summed E-state index contributed by atoms with van der Waals surface area (Å²) in [5, 5.41) is 0. The molecule has 0 N–H and O–H groups in total. The van der Waals surface area contributed by atoms with Crippen LogP contribution < -0.4 is 0 Å². The molecule has 0 spiro atoms. The molecule has 0 unspecified atom stereocenters. The lowest BCUT2D eigenvalue weighted by Gasteiger charge is -2.11. The number of hydrogen-bond acceptors (Lipinski definition) is 0. The molecule has 0 radical (unpaired) electrons. The van der Waals surface area contributed by atoms with Crippen molar-refractivity contribution < 1.29 is 0 Å². The van der Waals surface area contributed by atoms with Crippen molar-refractivity contribution in [2.75, 3.05) is 0 Å². The zero-order chi connectivity index (χ0) is 15.3. The van der Waals surface area contributed by atoms with Gasteiger partial charge in [0.2, 0.25) is 0 Å². The van der Waals surface area contributed by atoms with Crippen LogP contribution in [0.3, 0.4) is 0 Å². The maximum Gasteiger partial charge on any atom is -0.00518 e. The van der Waals surface area contributed by atoms with Crippen LogP contribution in [0.15, 0.2) is 35.9 Å². The second-order valence-electron chi connectivity index (χ2n) is 6.79. The van der Waals surface area contributed by atoms with Crippen LogP contribution in [-0.4, -0.2) is 0 Å². The van der Waals surface area contributed by atoms with Gasteiger partial charge in [-0.2, -0.15) is 0 Å². The first kappa shape index (κ1) is 13.6. The van der Waals surface area contributed by atoms with Gasteiger partial charge in [0.05, 0.1) is 0 Å². The molecule has 0 heterocycles. The van der Waals surface area contributed by atoms with Crippen LogP contribution in [-0.2, 0) is 19.3 Å². The highest BCUT2D eigenvalue weighted by Gasteiger charge is 2.19. The monoisotopic (exact) mass is 286 g/mol. The molecule has 2 aliphatic rings. The number of fused-ring (bicyclic) bond motifs is 2. The molecular formula is C22H22. The van der Waals surface area contributed by atoms with Gasteiger partial charge in [-0.1, -0.05) is 48.1 Å². The molecule has 4 rings (SSSR count). The zero-order valence-electron chi connectivity index (χ0n) is 13.7. The van der Waals surface area contributed by atoms with Crippen LogP contribution in [0, 0.1) is 20.8 Å². The predicted molar refractivity (Wildman–Crippen MR) is 95.2 cm³/mol. The number of aryl methyl sites for hydroxylation is 3. The third-order valence-electron chi connectivity index (χ3n) is 5.27. The minimum Gasteiger partial charge on any atom is -0.0795 e. The summed E-state index contributed by atoms with van der Waals surface area (Å²) in [4.78, 5) is 0. The Balaban J connectivity index is 1.69. The van der Waals surface area contributed by atoms with Crippen LogP contribution in [0.2, 0.25) is 0 Å². The Morgan fingerprint density at radius 3 is 2.36 bits per heavy atom. The fraction of sp³-hybridized carbons (Fsp3) is 0.273. The van der Waals surface area contributed by atoms with Crippen LogP contribution in [0.25, 0.3) is 12.2 Å². The molecule has 0 bridgehead atoms. The van der Waals surface area contributed by atoms with Gasteiger partial charge in [-0.25, -0.2) is 0 Å². The number of rotatable bonds is 2. The van der Waals surface area contributed by atoms with Crippen LogP contribution in [0.5, 0.6) is 0 Å². The molecule has 2 aliphatic carbocycles. The van der Waals surface area contributed by atoms with E-state index in [2.05, 4.69) is 63.3 Å². The lowest BCUT2D eigenvalue weighted by molar-refractivity contribution is 1.05. The highest BCUT2D eigenvalue weighted by Crippen LogP contribution is 2.34. The zero-order valence-corrected chi connectivity index (χ0v) is 13.7. The molecule has 0 atom stereocenters. The third kappa shape index (κ3) is 2.06. The van der Waals surface area contributed by atoms with Crippen molar-refractivity contribution in [3.8, 4) is 0 Å². The summed E-state index contributed by atoms with van der Waals surface area (Å²) in [6.45, 7) is 6.69. The quantitative estimate of drug-likeness (QED) is 0.697. The van der Waals surface area contributed by atoms with Gasteiger partial charge >= 0.3 is 0 Å². The highest BCUT2D eigenvalue weighted by molar-refractivity contribution is 5.71. The fourth-order valence-corrected chi connectivity index (χ4v) is 3.92. The van der Waals surface area contributed by atoms with Crippen molar-refractivity contribution in [2.45, 2.75) is 40.0 Å². The lowest BCUT2D eigenvalue weighted by atomic mass is 9.93. The van der Waals surface area contributed by atoms with Gasteiger partial charge in [0.1, 0.15) is 0 Å². The lowest BCUT2D eigenvalue weighted by Crippen LogP contribution is -1.98. The molecule has 0 saturated carbocycles. The Hall–Kier alpha value is -2.08. The van der Waals surface area contributed by atoms with Gasteiger partial charge in [0, 0.05) is 0 Å². The van der Waals surface area contributed by atoms with E-state index in [1.807, 2.05) is 0 Å². The highest BCUT2D eigenvalue weighted by atomic mass is 14.2. The molecule has 0 nitrogen and oxygen atoms in total. The van der Waals surface area contributed by atoms with E-state index in [-0.39, 0.29) is 0 Å². The fourth-order valence-electron chi connectivity index (χ4n) is 3.92. The van der Waals surface area contributed by atoms with E-state index >= 15 is 0 Å². The number of allylic oxidation sites excluding steroid dienone is 2. The topological polar surface area (TPSA) is 0 Å². The average molecular weight is 286 g/mol. The van der Waals surface area contributed by atoms with E-state index in [1.165, 1.54) is 44.5 Å². The van der Waals surface area contributed by atoms with Gasteiger partial charge in [0.25, 0.3) is 0 Å². The molecule has 0 saturated heterocycles. The van der Waals surface area contributed by atoms with Crippen molar-refractivity contribution >= 4 is 12.2 Å². The maximum absolute atomic E-state index is 2.43. The summed E-state index contributed by atoms with van der Waals surface area (Å²) in [6.07, 6.45) is 10.4. The molecule has 0 fully saturated rings. The Morgan fingerprint density at radius 2 is 1.55 bits per heavy atom.